The molecule has 0 aliphatic heterocycles. The first-order chi connectivity index (χ1) is 11.7. The predicted octanol–water partition coefficient (Wildman–Crippen LogP) is 3.99. The third-order valence-electron chi connectivity index (χ3n) is 4.60. The van der Waals surface area contributed by atoms with Gasteiger partial charge in [0, 0.05) is 29.4 Å². The molecule has 0 unspecified atom stereocenters. The lowest BCUT2D eigenvalue weighted by atomic mass is 9.93. The molecule has 6 heteroatoms. The number of aliphatic hydroxyl groups is 1. The van der Waals surface area contributed by atoms with E-state index in [-0.39, 0.29) is 6.10 Å². The summed E-state index contributed by atoms with van der Waals surface area (Å²) in [5, 5.41) is 14.6. The number of fused-ring (bicyclic) bond motifs is 1. The number of halogens is 1. The fraction of sp³-hybridized carbons (Fsp3) is 0.333. The lowest BCUT2D eigenvalue weighted by Crippen LogP contribution is -2.28. The van der Waals surface area contributed by atoms with Crippen LogP contribution in [-0.2, 0) is 0 Å². The summed E-state index contributed by atoms with van der Waals surface area (Å²) < 4.78 is 0. The van der Waals surface area contributed by atoms with Gasteiger partial charge in [-0.1, -0.05) is 11.6 Å². The molecule has 0 radical (unpaired) electrons. The van der Waals surface area contributed by atoms with E-state index in [4.69, 9.17) is 11.6 Å². The molecule has 4 rings (SSSR count). The molecule has 3 aromatic heterocycles. The van der Waals surface area contributed by atoms with E-state index in [1.54, 1.807) is 6.20 Å². The van der Waals surface area contributed by atoms with Crippen molar-refractivity contribution in [3.63, 3.8) is 0 Å². The SMILES string of the molecule is OC1CCC(Nc2cc(-c3c[nH]c4ncccc34)cc(Cl)n2)CC1. The zero-order valence-corrected chi connectivity index (χ0v) is 13.9. The zero-order valence-electron chi connectivity index (χ0n) is 13.2. The van der Waals surface area contributed by atoms with Gasteiger partial charge in [0.15, 0.2) is 0 Å². The number of H-pyrrole nitrogens is 1. The molecule has 1 aliphatic rings. The Morgan fingerprint density at radius 1 is 1.21 bits per heavy atom. The summed E-state index contributed by atoms with van der Waals surface area (Å²) >= 11 is 6.24. The second kappa shape index (κ2) is 6.42. The van der Waals surface area contributed by atoms with Crippen molar-refractivity contribution in [1.82, 2.24) is 15.0 Å². The molecule has 3 N–H and O–H groups in total. The summed E-state index contributed by atoms with van der Waals surface area (Å²) in [6.45, 7) is 0. The van der Waals surface area contributed by atoms with Crippen molar-refractivity contribution in [1.29, 1.82) is 0 Å². The van der Waals surface area contributed by atoms with Crippen LogP contribution in [0.5, 0.6) is 0 Å². The largest absolute Gasteiger partial charge is 0.393 e. The number of aliphatic hydroxyl groups excluding tert-OH is 1. The number of anilines is 1. The second-order valence-corrected chi connectivity index (χ2v) is 6.70. The third kappa shape index (κ3) is 3.09. The van der Waals surface area contributed by atoms with Crippen molar-refractivity contribution in [2.75, 3.05) is 5.32 Å². The Morgan fingerprint density at radius 3 is 2.88 bits per heavy atom. The lowest BCUT2D eigenvalue weighted by molar-refractivity contribution is 0.126. The molecule has 3 aromatic rings. The van der Waals surface area contributed by atoms with E-state index in [2.05, 4.69) is 20.3 Å². The highest BCUT2D eigenvalue weighted by Crippen LogP contribution is 2.31. The standard InChI is InChI=1S/C18H19ClN4O/c19-16-8-11(15-10-21-18-14(15)2-1-7-20-18)9-17(23-16)22-12-3-5-13(24)6-4-12/h1-2,7-10,12-13,24H,3-6H2,(H,20,21)(H,22,23). The maximum Gasteiger partial charge on any atom is 0.137 e. The first-order valence-corrected chi connectivity index (χ1v) is 8.61. The number of hydrogen-bond donors (Lipinski definition) is 3. The Hall–Kier alpha value is -2.11. The Bertz CT molecular complexity index is 855. The average Bonchev–Trinajstić information content (AvgIpc) is 3.01. The maximum absolute atomic E-state index is 9.63. The Kier molecular flexibility index (Phi) is 4.12. The van der Waals surface area contributed by atoms with E-state index in [9.17, 15) is 5.11 Å². The van der Waals surface area contributed by atoms with Crippen LogP contribution in [0.15, 0.2) is 36.7 Å². The zero-order chi connectivity index (χ0) is 16.5. The molecule has 0 spiro atoms. The smallest absolute Gasteiger partial charge is 0.137 e. The summed E-state index contributed by atoms with van der Waals surface area (Å²) in [4.78, 5) is 11.9. The van der Waals surface area contributed by atoms with Crippen molar-refractivity contribution in [2.24, 2.45) is 0 Å². The highest BCUT2D eigenvalue weighted by atomic mass is 35.5. The van der Waals surface area contributed by atoms with Gasteiger partial charge in [0.25, 0.3) is 0 Å². The number of pyridine rings is 2. The van der Waals surface area contributed by atoms with Crippen LogP contribution in [0.4, 0.5) is 5.82 Å². The number of rotatable bonds is 3. The number of nitrogens with one attached hydrogen (secondary N) is 2. The van der Waals surface area contributed by atoms with Gasteiger partial charge in [-0.15, -0.1) is 0 Å². The average molecular weight is 343 g/mol. The first-order valence-electron chi connectivity index (χ1n) is 8.24. The van der Waals surface area contributed by atoms with Crippen LogP contribution in [0.25, 0.3) is 22.2 Å². The van der Waals surface area contributed by atoms with E-state index >= 15 is 0 Å². The third-order valence-corrected chi connectivity index (χ3v) is 4.80. The van der Waals surface area contributed by atoms with Crippen LogP contribution in [0.3, 0.4) is 0 Å². The van der Waals surface area contributed by atoms with Crippen molar-refractivity contribution < 1.29 is 5.11 Å². The molecule has 5 nitrogen and oxygen atoms in total. The molecule has 1 saturated carbocycles. The summed E-state index contributed by atoms with van der Waals surface area (Å²) in [5.41, 5.74) is 2.92. The molecule has 0 amide bonds. The van der Waals surface area contributed by atoms with Gasteiger partial charge in [-0.2, -0.15) is 0 Å². The maximum atomic E-state index is 9.63. The van der Waals surface area contributed by atoms with Crippen LogP contribution >= 0.6 is 11.6 Å². The molecule has 24 heavy (non-hydrogen) atoms. The van der Waals surface area contributed by atoms with Gasteiger partial charge in [-0.25, -0.2) is 9.97 Å². The van der Waals surface area contributed by atoms with Crippen LogP contribution in [0.2, 0.25) is 5.15 Å². The monoisotopic (exact) mass is 342 g/mol. The van der Waals surface area contributed by atoms with E-state index in [0.29, 0.717) is 11.2 Å². The minimum absolute atomic E-state index is 0.162. The van der Waals surface area contributed by atoms with Crippen LogP contribution in [-0.4, -0.2) is 32.2 Å². The van der Waals surface area contributed by atoms with Gasteiger partial charge < -0.3 is 15.4 Å². The highest BCUT2D eigenvalue weighted by molar-refractivity contribution is 6.29. The van der Waals surface area contributed by atoms with Gasteiger partial charge >= 0.3 is 0 Å². The number of aromatic amines is 1. The minimum atomic E-state index is -0.162. The van der Waals surface area contributed by atoms with Gasteiger partial charge in [-0.05, 0) is 55.5 Å². The fourth-order valence-corrected chi connectivity index (χ4v) is 3.56. The molecule has 1 fully saturated rings. The van der Waals surface area contributed by atoms with Crippen molar-refractivity contribution in [3.8, 4) is 11.1 Å². The van der Waals surface area contributed by atoms with Crippen LogP contribution in [0, 0.1) is 0 Å². The minimum Gasteiger partial charge on any atom is -0.393 e. The molecular formula is C18H19ClN4O. The van der Waals surface area contributed by atoms with E-state index < -0.39 is 0 Å². The van der Waals surface area contributed by atoms with Crippen molar-refractivity contribution >= 4 is 28.5 Å². The Labute approximate surface area is 145 Å². The van der Waals surface area contributed by atoms with Crippen LogP contribution < -0.4 is 5.32 Å². The molecule has 0 bridgehead atoms. The Morgan fingerprint density at radius 2 is 2.04 bits per heavy atom. The molecule has 0 aromatic carbocycles. The highest BCUT2D eigenvalue weighted by Gasteiger charge is 2.20. The summed E-state index contributed by atoms with van der Waals surface area (Å²) in [6, 6.07) is 8.18. The van der Waals surface area contributed by atoms with E-state index in [1.165, 1.54) is 0 Å². The van der Waals surface area contributed by atoms with Crippen molar-refractivity contribution in [3.05, 3.63) is 41.8 Å². The molecule has 0 saturated heterocycles. The predicted molar refractivity (Wildman–Crippen MR) is 96.2 cm³/mol. The first kappa shape index (κ1) is 15.4. The van der Waals surface area contributed by atoms with E-state index in [1.807, 2.05) is 30.5 Å². The normalized spacial score (nSPS) is 21.1. The van der Waals surface area contributed by atoms with Gasteiger partial charge in [0.2, 0.25) is 0 Å². The quantitative estimate of drug-likeness (QED) is 0.629. The molecular weight excluding hydrogens is 324 g/mol. The van der Waals surface area contributed by atoms with Crippen LogP contribution in [0.1, 0.15) is 25.7 Å². The number of hydrogen-bond acceptors (Lipinski definition) is 4. The number of nitrogens with zero attached hydrogens (tertiary/aromatic N) is 2. The summed E-state index contributed by atoms with van der Waals surface area (Å²) in [6.07, 6.45) is 7.11. The summed E-state index contributed by atoms with van der Waals surface area (Å²) in [5.74, 6) is 0.775. The fourth-order valence-electron chi connectivity index (χ4n) is 3.35. The molecule has 0 atom stereocenters. The van der Waals surface area contributed by atoms with Gasteiger partial charge in [0.1, 0.15) is 16.6 Å². The molecule has 3 heterocycles. The molecule has 124 valence electrons. The topological polar surface area (TPSA) is 73.8 Å². The summed E-state index contributed by atoms with van der Waals surface area (Å²) in [7, 11) is 0. The van der Waals surface area contributed by atoms with Gasteiger partial charge in [-0.3, -0.25) is 0 Å². The molecule has 1 aliphatic carbocycles. The Balaban J connectivity index is 1.64. The number of aromatic nitrogens is 3. The second-order valence-electron chi connectivity index (χ2n) is 6.32. The van der Waals surface area contributed by atoms with E-state index in [0.717, 1.165) is 53.7 Å². The van der Waals surface area contributed by atoms with Gasteiger partial charge in [0.05, 0.1) is 6.10 Å². The lowest BCUT2D eigenvalue weighted by Gasteiger charge is -2.26. The van der Waals surface area contributed by atoms with Crippen molar-refractivity contribution in [2.45, 2.75) is 37.8 Å².